The number of rotatable bonds is 37. The number of aliphatic carboxylic acids is 1. The summed E-state index contributed by atoms with van der Waals surface area (Å²) in [4.78, 5) is 47.7. The third kappa shape index (κ3) is 39.8. The zero-order valence-electron chi connectivity index (χ0n) is 36.6. The highest BCUT2D eigenvalue weighted by Gasteiger charge is 2.18. The molecule has 0 spiro atoms. The smallest absolute Gasteiger partial charge is 0.328 e. The molecule has 0 rings (SSSR count). The monoisotopic (exact) mass is 829 g/mol. The molecule has 0 saturated heterocycles. The van der Waals surface area contributed by atoms with Gasteiger partial charge in [-0.25, -0.2) is 4.79 Å². The van der Waals surface area contributed by atoms with E-state index in [1.165, 1.54) is 0 Å². The number of carbonyl (C=O) groups excluding carboxylic acids is 3. The highest BCUT2D eigenvalue weighted by atomic mass is 16.5. The maximum absolute atomic E-state index is 12.7. The summed E-state index contributed by atoms with van der Waals surface area (Å²) in [5.41, 5.74) is 0. The van der Waals surface area contributed by atoms with Crippen molar-refractivity contribution in [2.24, 2.45) is 0 Å². The molecular weight excluding hydrogens is 753 g/mol. The van der Waals surface area contributed by atoms with Gasteiger partial charge in [-0.05, 0) is 109 Å². The van der Waals surface area contributed by atoms with Gasteiger partial charge in [0.05, 0.1) is 13.2 Å². The zero-order chi connectivity index (χ0) is 44.0. The molecule has 2 atom stereocenters. The molecule has 0 saturated carbocycles. The molecule has 0 aliphatic heterocycles. The van der Waals surface area contributed by atoms with Gasteiger partial charge in [-0.15, -0.1) is 0 Å². The second-order valence-electron chi connectivity index (χ2n) is 14.0. The van der Waals surface area contributed by atoms with E-state index in [9.17, 15) is 19.2 Å². The normalized spacial score (nSPS) is 13.8. The van der Waals surface area contributed by atoms with Crippen molar-refractivity contribution in [1.82, 2.24) is 10.6 Å². The van der Waals surface area contributed by atoms with E-state index in [0.29, 0.717) is 25.7 Å². The Bertz CT molecular complexity index is 1460. The van der Waals surface area contributed by atoms with Gasteiger partial charge in [0.2, 0.25) is 11.8 Å². The van der Waals surface area contributed by atoms with Gasteiger partial charge in [-0.1, -0.05) is 148 Å². The van der Waals surface area contributed by atoms with Crippen LogP contribution in [0.2, 0.25) is 0 Å². The third-order valence-corrected chi connectivity index (χ3v) is 8.63. The quantitative estimate of drug-likeness (QED) is 0.0277. The summed E-state index contributed by atoms with van der Waals surface area (Å²) < 4.78 is 5.84. The van der Waals surface area contributed by atoms with E-state index in [-0.39, 0.29) is 30.9 Å². The van der Waals surface area contributed by atoms with Gasteiger partial charge in [-0.2, -0.15) is 0 Å². The third-order valence-electron chi connectivity index (χ3n) is 8.63. The van der Waals surface area contributed by atoms with Crippen LogP contribution >= 0.6 is 0 Å². The van der Waals surface area contributed by atoms with Gasteiger partial charge in [-0.3, -0.25) is 14.4 Å². The topological polar surface area (TPSA) is 142 Å². The molecule has 0 fully saturated rings. The van der Waals surface area contributed by atoms with Crippen molar-refractivity contribution in [3.8, 4) is 0 Å². The molecular formula is C51H76N2O7. The van der Waals surface area contributed by atoms with E-state index >= 15 is 0 Å². The first-order valence-electron chi connectivity index (χ1n) is 22.1. The highest BCUT2D eigenvalue weighted by molar-refractivity contribution is 5.87. The van der Waals surface area contributed by atoms with Gasteiger partial charge < -0.3 is 25.6 Å². The molecule has 0 aliphatic rings. The summed E-state index contributed by atoms with van der Waals surface area (Å²) in [7, 11) is 0. The average Bonchev–Trinajstić information content (AvgIpc) is 3.23. The lowest BCUT2D eigenvalue weighted by atomic mass is 10.1. The Kier molecular flexibility index (Phi) is 39.9. The van der Waals surface area contributed by atoms with Crippen LogP contribution in [0.1, 0.15) is 136 Å². The number of hydrogen-bond acceptors (Lipinski definition) is 6. The SMILES string of the molecule is CC/C=C\C/C=C\C/C=C\C/C=C\C/C=C\C/C=C\C/C=C\CCCC(=O)OC(/C=C\C/C=C\C/C=C\C/C=C\CC)CCCCCC(=O)NCC(=O)NC(CO)C(=O)O. The number of carboxylic acid groups (broad SMARTS) is 1. The van der Waals surface area contributed by atoms with Crippen molar-refractivity contribution >= 4 is 23.8 Å². The second kappa shape index (κ2) is 43.6. The Labute approximate surface area is 362 Å². The van der Waals surface area contributed by atoms with E-state index in [4.69, 9.17) is 14.9 Å². The molecule has 9 heteroatoms. The van der Waals surface area contributed by atoms with Crippen LogP contribution in [0.3, 0.4) is 0 Å². The van der Waals surface area contributed by atoms with Gasteiger partial charge in [0, 0.05) is 12.8 Å². The predicted octanol–water partition coefficient (Wildman–Crippen LogP) is 11.1. The Hall–Kier alpha value is -5.02. The number of carboxylic acids is 1. The first-order chi connectivity index (χ1) is 29.3. The van der Waals surface area contributed by atoms with E-state index < -0.39 is 24.5 Å². The first kappa shape index (κ1) is 55.0. The van der Waals surface area contributed by atoms with Crippen LogP contribution in [0.5, 0.6) is 0 Å². The Morgan fingerprint density at radius 1 is 0.517 bits per heavy atom. The summed E-state index contributed by atoms with van der Waals surface area (Å²) >= 11 is 0. The number of esters is 1. The minimum absolute atomic E-state index is 0.206. The number of aliphatic hydroxyl groups excluding tert-OH is 1. The minimum atomic E-state index is -1.41. The van der Waals surface area contributed by atoms with Gasteiger partial charge in [0.25, 0.3) is 0 Å². The summed E-state index contributed by atoms with van der Waals surface area (Å²) in [6.45, 7) is 3.16. The highest BCUT2D eigenvalue weighted by Crippen LogP contribution is 2.13. The van der Waals surface area contributed by atoms with Crippen LogP contribution in [0.15, 0.2) is 134 Å². The van der Waals surface area contributed by atoms with Crippen LogP contribution < -0.4 is 10.6 Å². The molecule has 0 aromatic carbocycles. The number of hydrogen-bond donors (Lipinski definition) is 4. The molecule has 4 N–H and O–H groups in total. The van der Waals surface area contributed by atoms with E-state index in [1.54, 1.807) is 0 Å². The van der Waals surface area contributed by atoms with Crippen LogP contribution in [-0.2, 0) is 23.9 Å². The van der Waals surface area contributed by atoms with Gasteiger partial charge >= 0.3 is 11.9 Å². The number of amides is 2. The van der Waals surface area contributed by atoms with Gasteiger partial charge in [0.1, 0.15) is 12.1 Å². The number of carbonyl (C=O) groups is 4. The number of nitrogens with one attached hydrogen (secondary N) is 2. The van der Waals surface area contributed by atoms with Crippen LogP contribution in [0, 0.1) is 0 Å². The fraction of sp³-hybridized carbons (Fsp3) is 0.490. The molecule has 0 aromatic rings. The van der Waals surface area contributed by atoms with Crippen molar-refractivity contribution in [2.45, 2.75) is 148 Å². The minimum Gasteiger partial charge on any atom is -0.480 e. The van der Waals surface area contributed by atoms with Crippen LogP contribution in [0.25, 0.3) is 0 Å². The first-order valence-corrected chi connectivity index (χ1v) is 22.1. The lowest BCUT2D eigenvalue weighted by Gasteiger charge is -2.14. The maximum atomic E-state index is 12.7. The van der Waals surface area contributed by atoms with Crippen LogP contribution in [-0.4, -0.2) is 59.3 Å². The zero-order valence-corrected chi connectivity index (χ0v) is 36.6. The fourth-order valence-corrected chi connectivity index (χ4v) is 5.32. The molecule has 332 valence electrons. The van der Waals surface area contributed by atoms with Gasteiger partial charge in [0.15, 0.2) is 0 Å². The molecule has 0 aliphatic carbocycles. The summed E-state index contributed by atoms with van der Waals surface area (Å²) in [5, 5.41) is 22.6. The van der Waals surface area contributed by atoms with Crippen molar-refractivity contribution in [3.05, 3.63) is 134 Å². The Balaban J connectivity index is 4.53. The van der Waals surface area contributed by atoms with Crippen molar-refractivity contribution in [2.75, 3.05) is 13.2 Å². The standard InChI is InChI=1S/C51H76N2O7/c1-3-5-7-9-11-13-15-16-17-18-19-20-21-22-23-24-25-26-28-30-32-34-39-43-50(57)60-46(40-36-33-31-29-27-14-12-10-8-6-4-2)41-37-35-38-42-48(55)52-44-49(56)53-47(45-54)51(58)59/h5-8,11-14,16-17,19-20,22-23,25-26,29-32,36,40,46-47,54H,3-4,9-10,15,18,21,24,27-28,33-35,37-39,41-45H2,1-2H3,(H,52,55)(H,53,56)(H,58,59)/b7-5-,8-6-,13-11-,14-12-,17-16-,20-19-,23-22-,26-25-,31-29-,32-30-,40-36-. The molecule has 9 nitrogen and oxygen atoms in total. The average molecular weight is 829 g/mol. The molecule has 2 unspecified atom stereocenters. The molecule has 0 radical (unpaired) electrons. The Morgan fingerprint density at radius 2 is 0.950 bits per heavy atom. The number of aliphatic hydroxyl groups is 1. The molecule has 0 bridgehead atoms. The lowest BCUT2D eigenvalue weighted by molar-refractivity contribution is -0.147. The van der Waals surface area contributed by atoms with E-state index in [2.05, 4.69) is 146 Å². The summed E-state index contributed by atoms with van der Waals surface area (Å²) in [5.74, 6) is -2.59. The molecule has 60 heavy (non-hydrogen) atoms. The number of unbranched alkanes of at least 4 members (excludes halogenated alkanes) is 3. The summed E-state index contributed by atoms with van der Waals surface area (Å²) in [6.07, 6.45) is 62.1. The predicted molar refractivity (Wildman–Crippen MR) is 249 cm³/mol. The lowest BCUT2D eigenvalue weighted by Crippen LogP contribution is -2.47. The molecule has 0 aromatic heterocycles. The fourth-order valence-electron chi connectivity index (χ4n) is 5.32. The van der Waals surface area contributed by atoms with E-state index in [0.717, 1.165) is 89.9 Å². The van der Waals surface area contributed by atoms with Crippen LogP contribution in [0.4, 0.5) is 0 Å². The molecule has 0 heterocycles. The number of ether oxygens (including phenoxy) is 1. The maximum Gasteiger partial charge on any atom is 0.328 e. The Morgan fingerprint density at radius 3 is 1.38 bits per heavy atom. The summed E-state index contributed by atoms with van der Waals surface area (Å²) in [6, 6.07) is -1.41. The van der Waals surface area contributed by atoms with Crippen molar-refractivity contribution in [3.63, 3.8) is 0 Å². The number of allylic oxidation sites excluding steroid dienone is 21. The molecule has 2 amide bonds. The largest absolute Gasteiger partial charge is 0.480 e. The van der Waals surface area contributed by atoms with E-state index in [1.807, 2.05) is 12.2 Å². The van der Waals surface area contributed by atoms with Crippen molar-refractivity contribution in [1.29, 1.82) is 0 Å². The van der Waals surface area contributed by atoms with Crippen molar-refractivity contribution < 1.29 is 34.1 Å². The second-order valence-corrected chi connectivity index (χ2v) is 14.0.